The Balaban J connectivity index is 1.70. The van der Waals surface area contributed by atoms with Gasteiger partial charge in [0.1, 0.15) is 24.2 Å². The first kappa shape index (κ1) is 15.5. The summed E-state index contributed by atoms with van der Waals surface area (Å²) >= 11 is 0. The first-order valence-electron chi connectivity index (χ1n) is 7.04. The zero-order valence-corrected chi connectivity index (χ0v) is 12.7. The lowest BCUT2D eigenvalue weighted by Gasteiger charge is -2.14. The first-order valence-corrected chi connectivity index (χ1v) is 7.04. The van der Waals surface area contributed by atoms with Gasteiger partial charge in [0.2, 0.25) is 5.89 Å². The summed E-state index contributed by atoms with van der Waals surface area (Å²) in [5, 5.41) is 13.0. The van der Waals surface area contributed by atoms with Crippen LogP contribution in [0.25, 0.3) is 0 Å². The molecule has 2 N–H and O–H groups in total. The number of nitrogens with one attached hydrogen (secondary N) is 1. The third-order valence-corrected chi connectivity index (χ3v) is 3.09. The number of oxazole rings is 1. The Kier molecular flexibility index (Phi) is 5.36. The van der Waals surface area contributed by atoms with Crippen LogP contribution in [0.4, 0.5) is 0 Å². The molecule has 2 aromatic rings. The summed E-state index contributed by atoms with van der Waals surface area (Å²) in [6.07, 6.45) is 1.10. The Hall–Kier alpha value is -1.85. The second-order valence-corrected chi connectivity index (χ2v) is 5.23. The standard InChI is InChI=1S/C16H22N2O3/c1-11-4-5-15(12(2)6-11)20-10-14(19)8-17-9-16-18-7-13(3)21-16/h4-7,14,17,19H,8-10H2,1-3H3. The molecule has 1 unspecified atom stereocenters. The normalized spacial score (nSPS) is 12.4. The molecule has 1 aromatic heterocycles. The largest absolute Gasteiger partial charge is 0.491 e. The van der Waals surface area contributed by atoms with Crippen LogP contribution in [0.5, 0.6) is 5.75 Å². The molecule has 0 aliphatic heterocycles. The van der Waals surface area contributed by atoms with Crippen molar-refractivity contribution in [3.05, 3.63) is 47.2 Å². The van der Waals surface area contributed by atoms with Crippen molar-refractivity contribution < 1.29 is 14.3 Å². The highest BCUT2D eigenvalue weighted by molar-refractivity contribution is 5.35. The Labute approximate surface area is 125 Å². The topological polar surface area (TPSA) is 67.5 Å². The van der Waals surface area contributed by atoms with Crippen molar-refractivity contribution in [2.75, 3.05) is 13.2 Å². The van der Waals surface area contributed by atoms with Crippen LogP contribution in [0.2, 0.25) is 0 Å². The summed E-state index contributed by atoms with van der Waals surface area (Å²) in [4.78, 5) is 4.08. The minimum Gasteiger partial charge on any atom is -0.491 e. The molecule has 2 rings (SSSR count). The molecule has 1 aromatic carbocycles. The molecule has 0 saturated carbocycles. The zero-order chi connectivity index (χ0) is 15.2. The fourth-order valence-electron chi connectivity index (χ4n) is 2.04. The van der Waals surface area contributed by atoms with Gasteiger partial charge in [-0.1, -0.05) is 17.7 Å². The lowest BCUT2D eigenvalue weighted by atomic mass is 10.1. The van der Waals surface area contributed by atoms with Crippen molar-refractivity contribution in [2.45, 2.75) is 33.4 Å². The third-order valence-electron chi connectivity index (χ3n) is 3.09. The number of rotatable bonds is 7. The van der Waals surface area contributed by atoms with Crippen LogP contribution in [0.15, 0.2) is 28.8 Å². The maximum absolute atomic E-state index is 9.90. The van der Waals surface area contributed by atoms with Crippen molar-refractivity contribution >= 4 is 0 Å². The summed E-state index contributed by atoms with van der Waals surface area (Å²) in [5.74, 6) is 2.21. The highest BCUT2D eigenvalue weighted by Gasteiger charge is 2.08. The predicted molar refractivity (Wildman–Crippen MR) is 80.4 cm³/mol. The predicted octanol–water partition coefficient (Wildman–Crippen LogP) is 2.13. The second kappa shape index (κ2) is 7.24. The van der Waals surface area contributed by atoms with Crippen LogP contribution < -0.4 is 10.1 Å². The molecule has 5 nitrogen and oxygen atoms in total. The molecule has 0 radical (unpaired) electrons. The SMILES string of the molecule is Cc1ccc(OCC(O)CNCc2ncc(C)o2)c(C)c1. The van der Waals surface area contributed by atoms with Gasteiger partial charge in [0, 0.05) is 6.54 Å². The van der Waals surface area contributed by atoms with Gasteiger partial charge in [-0.25, -0.2) is 4.98 Å². The molecule has 1 atom stereocenters. The molecule has 0 bridgehead atoms. The number of nitrogens with zero attached hydrogens (tertiary/aromatic N) is 1. The number of hydrogen-bond donors (Lipinski definition) is 2. The van der Waals surface area contributed by atoms with Gasteiger partial charge in [0.15, 0.2) is 0 Å². The van der Waals surface area contributed by atoms with Crippen molar-refractivity contribution in [3.63, 3.8) is 0 Å². The summed E-state index contributed by atoms with van der Waals surface area (Å²) in [6, 6.07) is 5.99. The van der Waals surface area contributed by atoms with Crippen LogP contribution in [0.1, 0.15) is 22.8 Å². The van der Waals surface area contributed by atoms with E-state index in [-0.39, 0.29) is 6.61 Å². The minimum absolute atomic E-state index is 0.252. The van der Waals surface area contributed by atoms with E-state index in [4.69, 9.17) is 9.15 Å². The number of aryl methyl sites for hydroxylation is 3. The van der Waals surface area contributed by atoms with Crippen LogP contribution in [0.3, 0.4) is 0 Å². The molecular weight excluding hydrogens is 268 g/mol. The summed E-state index contributed by atoms with van der Waals surface area (Å²) in [5.41, 5.74) is 2.27. The van der Waals surface area contributed by atoms with Gasteiger partial charge in [-0.05, 0) is 32.4 Å². The number of benzene rings is 1. The average molecular weight is 290 g/mol. The van der Waals surface area contributed by atoms with E-state index in [2.05, 4.69) is 16.4 Å². The summed E-state index contributed by atoms with van der Waals surface area (Å²) in [7, 11) is 0. The molecule has 0 aliphatic carbocycles. The molecule has 5 heteroatoms. The number of aliphatic hydroxyl groups is 1. The summed E-state index contributed by atoms with van der Waals surface area (Å²) in [6.45, 7) is 7.06. The van der Waals surface area contributed by atoms with Gasteiger partial charge >= 0.3 is 0 Å². The third kappa shape index (κ3) is 4.88. The van der Waals surface area contributed by atoms with Gasteiger partial charge < -0.3 is 19.6 Å². The molecule has 0 amide bonds. The van der Waals surface area contributed by atoms with E-state index in [1.807, 2.05) is 32.9 Å². The summed E-state index contributed by atoms with van der Waals surface area (Å²) < 4.78 is 11.0. The lowest BCUT2D eigenvalue weighted by Crippen LogP contribution is -2.31. The van der Waals surface area contributed by atoms with Crippen molar-refractivity contribution in [2.24, 2.45) is 0 Å². The first-order chi connectivity index (χ1) is 10.0. The molecule has 0 spiro atoms. The van der Waals surface area contributed by atoms with Crippen LogP contribution in [-0.4, -0.2) is 29.3 Å². The Bertz CT molecular complexity index is 581. The van der Waals surface area contributed by atoms with E-state index in [1.165, 1.54) is 5.56 Å². The molecule has 1 heterocycles. The molecular formula is C16H22N2O3. The van der Waals surface area contributed by atoms with Crippen LogP contribution in [-0.2, 0) is 6.54 Å². The Morgan fingerprint density at radius 3 is 2.81 bits per heavy atom. The van der Waals surface area contributed by atoms with E-state index in [0.29, 0.717) is 19.0 Å². The smallest absolute Gasteiger partial charge is 0.208 e. The highest BCUT2D eigenvalue weighted by Crippen LogP contribution is 2.18. The average Bonchev–Trinajstić information content (AvgIpc) is 2.83. The number of aromatic nitrogens is 1. The quantitative estimate of drug-likeness (QED) is 0.817. The van der Waals surface area contributed by atoms with Gasteiger partial charge in [-0.15, -0.1) is 0 Å². The van der Waals surface area contributed by atoms with E-state index in [0.717, 1.165) is 17.1 Å². The highest BCUT2D eigenvalue weighted by atomic mass is 16.5. The second-order valence-electron chi connectivity index (χ2n) is 5.23. The molecule has 114 valence electrons. The molecule has 21 heavy (non-hydrogen) atoms. The maximum atomic E-state index is 9.90. The molecule has 0 fully saturated rings. The van der Waals surface area contributed by atoms with Crippen LogP contribution in [0, 0.1) is 20.8 Å². The van der Waals surface area contributed by atoms with E-state index in [1.54, 1.807) is 6.20 Å². The Morgan fingerprint density at radius 2 is 2.14 bits per heavy atom. The lowest BCUT2D eigenvalue weighted by molar-refractivity contribution is 0.105. The van der Waals surface area contributed by atoms with E-state index < -0.39 is 6.10 Å². The molecule has 0 aliphatic rings. The van der Waals surface area contributed by atoms with Crippen LogP contribution >= 0.6 is 0 Å². The number of ether oxygens (including phenoxy) is 1. The fraction of sp³-hybridized carbons (Fsp3) is 0.438. The molecule has 0 saturated heterocycles. The zero-order valence-electron chi connectivity index (χ0n) is 12.7. The van der Waals surface area contributed by atoms with Crippen molar-refractivity contribution in [1.29, 1.82) is 0 Å². The van der Waals surface area contributed by atoms with Gasteiger partial charge in [0.25, 0.3) is 0 Å². The monoisotopic (exact) mass is 290 g/mol. The van der Waals surface area contributed by atoms with E-state index >= 15 is 0 Å². The number of aliphatic hydroxyl groups excluding tert-OH is 1. The Morgan fingerprint density at radius 1 is 1.33 bits per heavy atom. The van der Waals surface area contributed by atoms with Gasteiger partial charge in [-0.3, -0.25) is 0 Å². The van der Waals surface area contributed by atoms with Gasteiger partial charge in [-0.2, -0.15) is 0 Å². The van der Waals surface area contributed by atoms with E-state index in [9.17, 15) is 5.11 Å². The minimum atomic E-state index is -0.582. The maximum Gasteiger partial charge on any atom is 0.208 e. The van der Waals surface area contributed by atoms with Crippen molar-refractivity contribution in [1.82, 2.24) is 10.3 Å². The van der Waals surface area contributed by atoms with Gasteiger partial charge in [0.05, 0.1) is 12.7 Å². The number of hydrogen-bond acceptors (Lipinski definition) is 5. The van der Waals surface area contributed by atoms with Crippen molar-refractivity contribution in [3.8, 4) is 5.75 Å². The fourth-order valence-corrected chi connectivity index (χ4v) is 2.04.